The number of aldehydes is 1. The number of carbonyl (C=O) groups excluding carboxylic acids is 7. The molecule has 2 saturated heterocycles. The van der Waals surface area contributed by atoms with Gasteiger partial charge < -0.3 is 23.7 Å². The van der Waals surface area contributed by atoms with Crippen LogP contribution in [0.1, 0.15) is 81.1 Å². The molecule has 14 heteroatoms. The summed E-state index contributed by atoms with van der Waals surface area (Å²) in [6.45, 7) is 13.4. The number of Topliss-reactive ketones (excluding diaryl/α,β-unsaturated/α-hetero) is 2. The van der Waals surface area contributed by atoms with Crippen molar-refractivity contribution in [2.75, 3.05) is 13.2 Å². The summed E-state index contributed by atoms with van der Waals surface area (Å²) in [5.74, 6) is -2.56. The van der Waals surface area contributed by atoms with Crippen molar-refractivity contribution < 1.29 is 65.7 Å². The summed E-state index contributed by atoms with van der Waals surface area (Å²) in [4.78, 5) is 78.6. The summed E-state index contributed by atoms with van der Waals surface area (Å²) < 4.78 is 53.2. The predicted molar refractivity (Wildman–Crippen MR) is 163 cm³/mol. The first kappa shape index (κ1) is 40.9. The third kappa shape index (κ3) is 10.3. The third-order valence-electron chi connectivity index (χ3n) is 10.3. The molecule has 4 fully saturated rings. The summed E-state index contributed by atoms with van der Waals surface area (Å²) in [7, 11) is 0. The lowest BCUT2D eigenvalue weighted by Gasteiger charge is -2.42. The Morgan fingerprint density at radius 1 is 0.750 bits per heavy atom. The lowest BCUT2D eigenvalue weighted by molar-refractivity contribution is -0.168. The Bertz CT molecular complexity index is 1200. The van der Waals surface area contributed by atoms with E-state index in [1.54, 1.807) is 6.92 Å². The molecule has 2 saturated carbocycles. The van der Waals surface area contributed by atoms with E-state index in [-0.39, 0.29) is 101 Å². The quantitative estimate of drug-likeness (QED) is 0.198. The Morgan fingerprint density at radius 3 is 1.54 bits per heavy atom. The maximum Gasteiger partial charge on any atom is 0.449 e. The normalized spacial score (nSPS) is 35.1. The number of carbonyl (C=O) groups is 7. The minimum absolute atomic E-state index is 0.0291. The summed E-state index contributed by atoms with van der Waals surface area (Å²) >= 11 is 0. The van der Waals surface area contributed by atoms with E-state index >= 15 is 0 Å². The zero-order valence-electron chi connectivity index (χ0n) is 28.9. The van der Waals surface area contributed by atoms with Crippen molar-refractivity contribution in [3.05, 3.63) is 0 Å². The van der Waals surface area contributed by atoms with Crippen molar-refractivity contribution in [1.82, 2.24) is 0 Å². The molecule has 0 N–H and O–H groups in total. The van der Waals surface area contributed by atoms with Crippen LogP contribution in [-0.2, 0) is 52.5 Å². The monoisotopic (exact) mass is 690 g/mol. The molecule has 4 aliphatic rings. The van der Waals surface area contributed by atoms with E-state index in [9.17, 15) is 46.7 Å². The molecule has 0 amide bonds. The Labute approximate surface area is 279 Å². The van der Waals surface area contributed by atoms with Gasteiger partial charge in [0.25, 0.3) is 0 Å². The standard InChI is InChI=1S/C16H24O5.C15H22O5.C3H3F3O/c1-8-7-13-15(10(3)21-16(13)19)14(9(2)17)12(8)5-6-20-11(4)18;1-8-6-12-14(9(2)20-15(12)18)13(7-16)11(8)4-5-19-10(3)17;1-2(7)3(4,5)6/h8,10,12-15H,5-7H2,1-4H3;7-9,11-14H,4-6H2,1-3H3;1H3/t8-,10+,12+,13+,14-,15+;8-,9+,11+,12+,13-,14+;/m00./s1. The van der Waals surface area contributed by atoms with Crippen LogP contribution in [0.5, 0.6) is 0 Å². The summed E-state index contributed by atoms with van der Waals surface area (Å²) in [6, 6.07) is 0. The average Bonchev–Trinajstić information content (AvgIpc) is 3.40. The number of alkyl halides is 3. The van der Waals surface area contributed by atoms with Crippen LogP contribution >= 0.6 is 0 Å². The molecule has 0 bridgehead atoms. The second-order valence-corrected chi connectivity index (χ2v) is 13.6. The van der Waals surface area contributed by atoms with Crippen LogP contribution in [0.2, 0.25) is 0 Å². The Morgan fingerprint density at radius 2 is 1.15 bits per heavy atom. The van der Waals surface area contributed by atoms with E-state index in [0.29, 0.717) is 33.0 Å². The molecule has 0 radical (unpaired) electrons. The molecule has 0 aromatic heterocycles. The number of esters is 4. The molecule has 12 atom stereocenters. The second kappa shape index (κ2) is 17.4. The highest BCUT2D eigenvalue weighted by Crippen LogP contribution is 2.50. The van der Waals surface area contributed by atoms with Gasteiger partial charge in [-0.2, -0.15) is 13.2 Å². The molecule has 11 nitrogen and oxygen atoms in total. The first-order valence-electron chi connectivity index (χ1n) is 16.4. The second-order valence-electron chi connectivity index (χ2n) is 13.6. The van der Waals surface area contributed by atoms with Crippen LogP contribution in [0.3, 0.4) is 0 Å². The summed E-state index contributed by atoms with van der Waals surface area (Å²) in [5.41, 5.74) is 0. The number of rotatable bonds is 8. The van der Waals surface area contributed by atoms with Gasteiger partial charge in [0.2, 0.25) is 5.78 Å². The minimum Gasteiger partial charge on any atom is -0.466 e. The molecule has 272 valence electrons. The molecule has 0 aromatic carbocycles. The highest BCUT2D eigenvalue weighted by Gasteiger charge is 2.55. The zero-order valence-corrected chi connectivity index (χ0v) is 28.9. The van der Waals surface area contributed by atoms with Gasteiger partial charge in [0.15, 0.2) is 0 Å². The predicted octanol–water partition coefficient (Wildman–Crippen LogP) is 4.70. The number of hydrogen-bond donors (Lipinski definition) is 0. The topological polar surface area (TPSA) is 156 Å². The lowest BCUT2D eigenvalue weighted by Crippen LogP contribution is -2.45. The van der Waals surface area contributed by atoms with Crippen LogP contribution in [0.15, 0.2) is 0 Å². The third-order valence-corrected chi connectivity index (χ3v) is 10.3. The Kier molecular flexibility index (Phi) is 14.8. The Hall–Kier alpha value is -3.32. The molecular formula is C34H49F3O11. The fourth-order valence-corrected chi connectivity index (χ4v) is 8.13. The molecular weight excluding hydrogens is 641 g/mol. The van der Waals surface area contributed by atoms with Crippen LogP contribution in [-0.4, -0.2) is 73.3 Å². The minimum atomic E-state index is -4.64. The summed E-state index contributed by atoms with van der Waals surface area (Å²) in [6.07, 6.45) is -1.26. The van der Waals surface area contributed by atoms with Crippen LogP contribution in [0, 0.1) is 59.2 Å². The maximum absolute atomic E-state index is 12.2. The molecule has 2 aliphatic carbocycles. The molecule has 0 unspecified atom stereocenters. The van der Waals surface area contributed by atoms with Crippen molar-refractivity contribution in [1.29, 1.82) is 0 Å². The van der Waals surface area contributed by atoms with Crippen molar-refractivity contribution in [2.45, 2.75) is 99.5 Å². The zero-order chi connectivity index (χ0) is 36.7. The van der Waals surface area contributed by atoms with E-state index < -0.39 is 12.0 Å². The fraction of sp³-hybridized carbons (Fsp3) is 0.794. The van der Waals surface area contributed by atoms with E-state index in [2.05, 4.69) is 13.8 Å². The number of cyclic esters (lactones) is 2. The van der Waals surface area contributed by atoms with Gasteiger partial charge in [-0.1, -0.05) is 13.8 Å². The summed E-state index contributed by atoms with van der Waals surface area (Å²) in [5, 5.41) is 0. The van der Waals surface area contributed by atoms with Gasteiger partial charge in [0.1, 0.15) is 24.3 Å². The van der Waals surface area contributed by atoms with E-state index in [1.165, 1.54) is 13.8 Å². The maximum atomic E-state index is 12.2. The van der Waals surface area contributed by atoms with E-state index in [0.717, 1.165) is 19.1 Å². The molecule has 0 spiro atoms. The van der Waals surface area contributed by atoms with E-state index in [4.69, 9.17) is 18.9 Å². The largest absolute Gasteiger partial charge is 0.466 e. The first-order valence-corrected chi connectivity index (χ1v) is 16.4. The van der Waals surface area contributed by atoms with Crippen molar-refractivity contribution >= 4 is 41.7 Å². The van der Waals surface area contributed by atoms with Crippen LogP contribution < -0.4 is 0 Å². The molecule has 4 rings (SSSR count). The van der Waals surface area contributed by atoms with Crippen LogP contribution in [0.25, 0.3) is 0 Å². The van der Waals surface area contributed by atoms with Crippen molar-refractivity contribution in [3.63, 3.8) is 0 Å². The van der Waals surface area contributed by atoms with Gasteiger partial charge in [0.05, 0.1) is 25.0 Å². The van der Waals surface area contributed by atoms with Gasteiger partial charge in [0, 0.05) is 44.4 Å². The molecule has 0 aromatic rings. The first-order chi connectivity index (χ1) is 22.2. The highest BCUT2D eigenvalue weighted by molar-refractivity contribution is 5.83. The number of hydrogen-bond acceptors (Lipinski definition) is 11. The van der Waals surface area contributed by atoms with E-state index in [1.807, 2.05) is 13.8 Å². The van der Waals surface area contributed by atoms with Gasteiger partial charge in [-0.3, -0.25) is 28.8 Å². The number of fused-ring (bicyclic) bond motifs is 2. The van der Waals surface area contributed by atoms with Gasteiger partial charge in [-0.05, 0) is 70.1 Å². The fourth-order valence-electron chi connectivity index (χ4n) is 8.13. The van der Waals surface area contributed by atoms with Gasteiger partial charge in [-0.25, -0.2) is 0 Å². The molecule has 2 heterocycles. The number of ketones is 2. The SMILES string of the molecule is CC(=O)C(F)(F)F.CC(=O)OCC[C@H]1[C@H](C(C)=O)[C@@H]2[C@@H](C)OC(=O)[C@@H]2C[C@@H]1C.CC(=O)OCC[C@H]1[C@H](C=O)[C@@H]2[C@@H](C)OC(=O)[C@@H]2C[C@@H]1C. The van der Waals surface area contributed by atoms with Crippen molar-refractivity contribution in [2.24, 2.45) is 59.2 Å². The van der Waals surface area contributed by atoms with Crippen LogP contribution in [0.4, 0.5) is 13.2 Å². The lowest BCUT2D eigenvalue weighted by atomic mass is 9.60. The molecule has 2 aliphatic heterocycles. The van der Waals surface area contributed by atoms with Crippen molar-refractivity contribution in [3.8, 4) is 0 Å². The van der Waals surface area contributed by atoms with Gasteiger partial charge >= 0.3 is 30.1 Å². The molecule has 48 heavy (non-hydrogen) atoms. The number of halogens is 3. The number of ether oxygens (including phenoxy) is 4. The highest BCUT2D eigenvalue weighted by atomic mass is 19.4. The average molecular weight is 691 g/mol. The Balaban J connectivity index is 0.000000279. The van der Waals surface area contributed by atoms with Gasteiger partial charge in [-0.15, -0.1) is 0 Å². The smallest absolute Gasteiger partial charge is 0.449 e.